The summed E-state index contributed by atoms with van der Waals surface area (Å²) in [5.41, 5.74) is 3.80. The molecule has 4 rings (SSSR count). The van der Waals surface area contributed by atoms with Crippen molar-refractivity contribution in [2.24, 2.45) is 11.3 Å². The molecule has 0 N–H and O–H groups in total. The van der Waals surface area contributed by atoms with Gasteiger partial charge in [-0.1, -0.05) is 37.2 Å². The molecule has 1 aliphatic heterocycles. The van der Waals surface area contributed by atoms with Crippen LogP contribution < -0.4 is 0 Å². The first-order chi connectivity index (χ1) is 8.81. The van der Waals surface area contributed by atoms with Crippen LogP contribution in [0.4, 0.5) is 0 Å². The molecule has 0 spiro atoms. The molecular formula is C16H20S2. The Bertz CT molecular complexity index is 456. The summed E-state index contributed by atoms with van der Waals surface area (Å²) in [6.45, 7) is 0. The second-order valence-electron chi connectivity index (χ2n) is 6.29. The quantitative estimate of drug-likeness (QED) is 0.588. The molecule has 0 amide bonds. The normalized spacial score (nSPS) is 42.6. The van der Waals surface area contributed by atoms with Crippen LogP contribution in [0.5, 0.6) is 0 Å². The van der Waals surface area contributed by atoms with E-state index < -0.39 is 0 Å². The van der Waals surface area contributed by atoms with Gasteiger partial charge in [-0.15, -0.1) is 0 Å². The van der Waals surface area contributed by atoms with Gasteiger partial charge in [-0.05, 0) is 48.5 Å². The third kappa shape index (κ3) is 1.48. The first-order valence-corrected chi connectivity index (χ1v) is 8.82. The summed E-state index contributed by atoms with van der Waals surface area (Å²) >= 11 is 7.89. The van der Waals surface area contributed by atoms with Crippen molar-refractivity contribution in [3.63, 3.8) is 0 Å². The maximum absolute atomic E-state index is 5.65. The highest BCUT2D eigenvalue weighted by atomic mass is 32.2. The molecule has 96 valence electrons. The van der Waals surface area contributed by atoms with E-state index in [9.17, 15) is 0 Å². The van der Waals surface area contributed by atoms with E-state index in [0.29, 0.717) is 5.41 Å². The fourth-order valence-electron chi connectivity index (χ4n) is 4.85. The van der Waals surface area contributed by atoms with Gasteiger partial charge in [-0.2, -0.15) is 11.8 Å². The van der Waals surface area contributed by atoms with E-state index in [2.05, 4.69) is 23.9 Å². The van der Waals surface area contributed by atoms with Gasteiger partial charge in [0.1, 0.15) is 0 Å². The number of rotatable bonds is 0. The van der Waals surface area contributed by atoms with Crippen molar-refractivity contribution >= 4 is 28.8 Å². The Balaban J connectivity index is 1.88. The highest BCUT2D eigenvalue weighted by Gasteiger charge is 2.52. The van der Waals surface area contributed by atoms with Gasteiger partial charge in [0.25, 0.3) is 0 Å². The topological polar surface area (TPSA) is 0 Å². The van der Waals surface area contributed by atoms with E-state index in [-0.39, 0.29) is 0 Å². The van der Waals surface area contributed by atoms with E-state index in [0.717, 1.165) is 17.6 Å². The lowest BCUT2D eigenvalue weighted by atomic mass is 9.54. The first kappa shape index (κ1) is 11.7. The highest BCUT2D eigenvalue weighted by Crippen LogP contribution is 2.61. The standard InChI is InChI=1S/C16H20S2/c17-14-6-3-5-12-11(14)10-15-13-4-1-2-7-16(12,13)8-9-18-15/h3,5,13,15H,1-2,4,6-10H2/t13-,15+,16-/m0/s1. The zero-order valence-corrected chi connectivity index (χ0v) is 12.4. The van der Waals surface area contributed by atoms with Crippen LogP contribution in [0.1, 0.15) is 44.9 Å². The lowest BCUT2D eigenvalue weighted by molar-refractivity contribution is 0.114. The molecule has 4 aliphatic rings. The van der Waals surface area contributed by atoms with Gasteiger partial charge in [-0.3, -0.25) is 0 Å². The molecule has 1 heterocycles. The van der Waals surface area contributed by atoms with Crippen molar-refractivity contribution in [2.45, 2.75) is 50.2 Å². The number of hydrogen-bond acceptors (Lipinski definition) is 2. The van der Waals surface area contributed by atoms with Crippen molar-refractivity contribution < 1.29 is 0 Å². The maximum atomic E-state index is 5.65. The van der Waals surface area contributed by atoms with E-state index in [4.69, 9.17) is 12.2 Å². The highest BCUT2D eigenvalue weighted by molar-refractivity contribution is 8.00. The number of thiocarbonyl (C=S) groups is 1. The lowest BCUT2D eigenvalue weighted by Crippen LogP contribution is -2.49. The van der Waals surface area contributed by atoms with Crippen LogP contribution >= 0.6 is 24.0 Å². The minimum atomic E-state index is 0.530. The van der Waals surface area contributed by atoms with Crippen molar-refractivity contribution in [1.82, 2.24) is 0 Å². The molecule has 18 heavy (non-hydrogen) atoms. The zero-order valence-electron chi connectivity index (χ0n) is 10.8. The molecule has 1 saturated heterocycles. The maximum Gasteiger partial charge on any atom is 0.0225 e. The van der Waals surface area contributed by atoms with E-state index >= 15 is 0 Å². The fraction of sp³-hybridized carbons (Fsp3) is 0.688. The molecule has 0 aromatic rings. The third-order valence-corrected chi connectivity index (χ3v) is 7.39. The molecule has 0 aromatic heterocycles. The molecule has 2 heteroatoms. The van der Waals surface area contributed by atoms with Crippen LogP contribution in [0.3, 0.4) is 0 Å². The Labute approximate surface area is 119 Å². The Morgan fingerprint density at radius 2 is 2.22 bits per heavy atom. The van der Waals surface area contributed by atoms with Crippen LogP contribution in [0, 0.1) is 11.3 Å². The van der Waals surface area contributed by atoms with E-state index in [1.807, 2.05) is 0 Å². The van der Waals surface area contributed by atoms with Gasteiger partial charge < -0.3 is 0 Å². The van der Waals surface area contributed by atoms with Crippen LogP contribution in [-0.4, -0.2) is 15.9 Å². The van der Waals surface area contributed by atoms with E-state index in [1.165, 1.54) is 49.1 Å². The van der Waals surface area contributed by atoms with Crippen LogP contribution in [0.15, 0.2) is 23.3 Å². The second-order valence-corrected chi connectivity index (χ2v) is 8.13. The molecule has 2 fully saturated rings. The van der Waals surface area contributed by atoms with Crippen LogP contribution in [-0.2, 0) is 0 Å². The minimum absolute atomic E-state index is 0.530. The number of hydrogen-bond donors (Lipinski definition) is 0. The molecular weight excluding hydrogens is 256 g/mol. The molecule has 2 bridgehead atoms. The monoisotopic (exact) mass is 276 g/mol. The van der Waals surface area contributed by atoms with Crippen LogP contribution in [0.25, 0.3) is 0 Å². The third-order valence-electron chi connectivity index (χ3n) is 5.62. The summed E-state index contributed by atoms with van der Waals surface area (Å²) in [5.74, 6) is 2.33. The van der Waals surface area contributed by atoms with Crippen molar-refractivity contribution in [3.05, 3.63) is 23.3 Å². The second kappa shape index (κ2) is 4.21. The van der Waals surface area contributed by atoms with Crippen LogP contribution in [0.2, 0.25) is 0 Å². The predicted molar refractivity (Wildman–Crippen MR) is 83.3 cm³/mol. The summed E-state index contributed by atoms with van der Waals surface area (Å²) in [7, 11) is 0. The van der Waals surface area contributed by atoms with Gasteiger partial charge >= 0.3 is 0 Å². The Kier molecular flexibility index (Phi) is 2.74. The zero-order chi connectivity index (χ0) is 12.2. The number of thioether (sulfide) groups is 1. The summed E-state index contributed by atoms with van der Waals surface area (Å²) in [4.78, 5) is 1.25. The Morgan fingerprint density at radius 1 is 1.28 bits per heavy atom. The molecule has 3 aliphatic carbocycles. The largest absolute Gasteiger partial charge is 0.158 e. The fourth-order valence-corrected chi connectivity index (χ4v) is 6.83. The van der Waals surface area contributed by atoms with Gasteiger partial charge in [0.2, 0.25) is 0 Å². The summed E-state index contributed by atoms with van der Waals surface area (Å²) in [6.07, 6.45) is 14.3. The van der Waals surface area contributed by atoms with Gasteiger partial charge in [-0.25, -0.2) is 0 Å². The molecule has 3 atom stereocenters. The molecule has 0 aromatic carbocycles. The summed E-state index contributed by atoms with van der Waals surface area (Å²) < 4.78 is 0. The van der Waals surface area contributed by atoms with Gasteiger partial charge in [0.15, 0.2) is 0 Å². The molecule has 0 radical (unpaired) electrons. The first-order valence-electron chi connectivity index (χ1n) is 7.36. The van der Waals surface area contributed by atoms with E-state index in [1.54, 1.807) is 11.1 Å². The smallest absolute Gasteiger partial charge is 0.0225 e. The van der Waals surface area contributed by atoms with Crippen molar-refractivity contribution in [1.29, 1.82) is 0 Å². The molecule has 0 unspecified atom stereocenters. The minimum Gasteiger partial charge on any atom is -0.158 e. The Morgan fingerprint density at radius 3 is 3.17 bits per heavy atom. The average molecular weight is 276 g/mol. The predicted octanol–water partition coefficient (Wildman–Crippen LogP) is 4.70. The molecule has 0 nitrogen and oxygen atoms in total. The summed E-state index contributed by atoms with van der Waals surface area (Å²) in [5, 5.41) is 0.877. The van der Waals surface area contributed by atoms with Crippen molar-refractivity contribution in [3.8, 4) is 0 Å². The average Bonchev–Trinajstić information content (AvgIpc) is 2.40. The van der Waals surface area contributed by atoms with Crippen molar-refractivity contribution in [2.75, 3.05) is 5.75 Å². The molecule has 1 saturated carbocycles. The summed E-state index contributed by atoms with van der Waals surface area (Å²) in [6, 6.07) is 0. The lowest BCUT2D eigenvalue weighted by Gasteiger charge is -2.56. The SMILES string of the molecule is S=C1CC=CC2=C1C[C@H]1SCC[C@@]23CCCC[C@@H]13. The Hall–Kier alpha value is -0.0800. The van der Waals surface area contributed by atoms with Gasteiger partial charge in [0.05, 0.1) is 0 Å². The number of allylic oxidation sites excluding steroid dienone is 4. The van der Waals surface area contributed by atoms with Gasteiger partial charge in [0, 0.05) is 22.0 Å².